The molecule has 0 radical (unpaired) electrons. The summed E-state index contributed by atoms with van der Waals surface area (Å²) in [5.41, 5.74) is 0.0629. The molecule has 1 N–H and O–H groups in total. The van der Waals surface area contributed by atoms with Gasteiger partial charge in [0.05, 0.1) is 5.69 Å². The Morgan fingerprint density at radius 3 is 2.20 bits per heavy atom. The van der Waals surface area contributed by atoms with Crippen LogP contribution >= 0.6 is 0 Å². The van der Waals surface area contributed by atoms with Gasteiger partial charge in [0.2, 0.25) is 11.8 Å². The lowest BCUT2D eigenvalue weighted by Gasteiger charge is -2.39. The van der Waals surface area contributed by atoms with E-state index in [1.54, 1.807) is 20.8 Å². The van der Waals surface area contributed by atoms with Crippen molar-refractivity contribution in [1.82, 2.24) is 5.32 Å². The number of carbonyl (C=O) groups excluding carboxylic acids is 2. The van der Waals surface area contributed by atoms with Crippen molar-refractivity contribution >= 4 is 17.5 Å². The van der Waals surface area contributed by atoms with Crippen LogP contribution in [0.4, 0.5) is 14.5 Å². The molecule has 0 aliphatic carbocycles. The highest BCUT2D eigenvalue weighted by atomic mass is 19.1. The van der Waals surface area contributed by atoms with Gasteiger partial charge in [0.25, 0.3) is 0 Å². The van der Waals surface area contributed by atoms with Gasteiger partial charge < -0.3 is 5.32 Å². The highest BCUT2D eigenvalue weighted by molar-refractivity contribution is 6.08. The van der Waals surface area contributed by atoms with Crippen molar-refractivity contribution in [2.75, 3.05) is 4.90 Å². The van der Waals surface area contributed by atoms with Gasteiger partial charge in [-0.15, -0.1) is 0 Å². The summed E-state index contributed by atoms with van der Waals surface area (Å²) in [7, 11) is 0. The van der Waals surface area contributed by atoms with Gasteiger partial charge in [-0.1, -0.05) is 13.8 Å². The molecule has 2 amide bonds. The Kier molecular flexibility index (Phi) is 3.74. The largest absolute Gasteiger partial charge is 0.343 e. The van der Waals surface area contributed by atoms with E-state index in [9.17, 15) is 18.4 Å². The number of piperazine rings is 1. The zero-order valence-electron chi connectivity index (χ0n) is 11.5. The van der Waals surface area contributed by atoms with Crippen molar-refractivity contribution < 1.29 is 18.4 Å². The predicted molar refractivity (Wildman–Crippen MR) is 70.1 cm³/mol. The normalized spacial score (nSPS) is 23.2. The Bertz CT molecular complexity index is 540. The molecule has 1 aromatic rings. The maximum absolute atomic E-state index is 13.4. The molecule has 0 spiro atoms. The van der Waals surface area contributed by atoms with E-state index in [-0.39, 0.29) is 23.4 Å². The van der Waals surface area contributed by atoms with Crippen molar-refractivity contribution in [1.29, 1.82) is 0 Å². The van der Waals surface area contributed by atoms with Gasteiger partial charge in [0, 0.05) is 6.07 Å². The van der Waals surface area contributed by atoms with E-state index in [0.717, 1.165) is 18.2 Å². The Labute approximate surface area is 115 Å². The summed E-state index contributed by atoms with van der Waals surface area (Å²) in [6, 6.07) is 1.35. The first-order chi connectivity index (χ1) is 9.31. The Morgan fingerprint density at radius 2 is 1.70 bits per heavy atom. The molecule has 1 saturated heterocycles. The van der Waals surface area contributed by atoms with E-state index in [0.29, 0.717) is 0 Å². The molecule has 6 heteroatoms. The van der Waals surface area contributed by atoms with Crippen molar-refractivity contribution in [3.8, 4) is 0 Å². The first-order valence-corrected chi connectivity index (χ1v) is 6.41. The number of rotatable bonds is 2. The van der Waals surface area contributed by atoms with Crippen LogP contribution in [0.5, 0.6) is 0 Å². The van der Waals surface area contributed by atoms with E-state index in [1.807, 2.05) is 0 Å². The fraction of sp³-hybridized carbons (Fsp3) is 0.429. The molecule has 1 fully saturated rings. The van der Waals surface area contributed by atoms with E-state index >= 15 is 0 Å². The average Bonchev–Trinajstić information content (AvgIpc) is 2.31. The number of carbonyl (C=O) groups is 2. The molecule has 1 aliphatic heterocycles. The molecule has 1 heterocycles. The molecule has 2 unspecified atom stereocenters. The SMILES string of the molecule is CC1NC(=O)C(C(C)C)N(c2cc(F)cc(F)c2)C1=O. The lowest BCUT2D eigenvalue weighted by atomic mass is 9.96. The third-order valence-electron chi connectivity index (χ3n) is 3.27. The first-order valence-electron chi connectivity index (χ1n) is 6.41. The summed E-state index contributed by atoms with van der Waals surface area (Å²) in [4.78, 5) is 25.5. The van der Waals surface area contributed by atoms with Crippen LogP contribution < -0.4 is 10.2 Å². The van der Waals surface area contributed by atoms with E-state index in [4.69, 9.17) is 0 Å². The molecular weight excluding hydrogens is 266 g/mol. The van der Waals surface area contributed by atoms with Crippen LogP contribution in [0.3, 0.4) is 0 Å². The standard InChI is InChI=1S/C14H16F2N2O2/c1-7(2)12-13(19)17-8(3)14(20)18(12)11-5-9(15)4-10(16)6-11/h4-8,12H,1-3H3,(H,17,19). The van der Waals surface area contributed by atoms with E-state index in [2.05, 4.69) is 5.32 Å². The van der Waals surface area contributed by atoms with Crippen LogP contribution in [-0.2, 0) is 9.59 Å². The van der Waals surface area contributed by atoms with Gasteiger partial charge in [-0.05, 0) is 25.0 Å². The summed E-state index contributed by atoms with van der Waals surface area (Å²) >= 11 is 0. The number of nitrogens with zero attached hydrogens (tertiary/aromatic N) is 1. The molecular formula is C14H16F2N2O2. The van der Waals surface area contributed by atoms with Crippen molar-refractivity contribution in [2.24, 2.45) is 5.92 Å². The van der Waals surface area contributed by atoms with Crippen LogP contribution in [0, 0.1) is 17.6 Å². The molecule has 0 bridgehead atoms. The Hall–Kier alpha value is -1.98. The van der Waals surface area contributed by atoms with Gasteiger partial charge in [0.1, 0.15) is 23.7 Å². The number of hydrogen-bond acceptors (Lipinski definition) is 2. The number of benzene rings is 1. The maximum Gasteiger partial charge on any atom is 0.250 e. The second-order valence-corrected chi connectivity index (χ2v) is 5.26. The predicted octanol–water partition coefficient (Wildman–Crippen LogP) is 1.84. The summed E-state index contributed by atoms with van der Waals surface area (Å²) in [6.07, 6.45) is 0. The number of halogens is 2. The third-order valence-corrected chi connectivity index (χ3v) is 3.27. The highest BCUT2D eigenvalue weighted by Gasteiger charge is 2.41. The zero-order chi connectivity index (χ0) is 15.0. The van der Waals surface area contributed by atoms with Crippen LogP contribution in [0.25, 0.3) is 0 Å². The van der Waals surface area contributed by atoms with Gasteiger partial charge in [-0.25, -0.2) is 8.78 Å². The fourth-order valence-corrected chi connectivity index (χ4v) is 2.39. The quantitative estimate of drug-likeness (QED) is 0.900. The number of nitrogens with one attached hydrogen (secondary N) is 1. The minimum Gasteiger partial charge on any atom is -0.343 e. The van der Waals surface area contributed by atoms with Crippen LogP contribution in [0.15, 0.2) is 18.2 Å². The maximum atomic E-state index is 13.4. The highest BCUT2D eigenvalue weighted by Crippen LogP contribution is 2.26. The summed E-state index contributed by atoms with van der Waals surface area (Å²) in [5.74, 6) is -2.45. The smallest absolute Gasteiger partial charge is 0.250 e. The second-order valence-electron chi connectivity index (χ2n) is 5.26. The third kappa shape index (κ3) is 2.50. The first kappa shape index (κ1) is 14.4. The number of hydrogen-bond donors (Lipinski definition) is 1. The van der Waals surface area contributed by atoms with Gasteiger partial charge in [-0.3, -0.25) is 14.5 Å². The average molecular weight is 282 g/mol. The molecule has 4 nitrogen and oxygen atoms in total. The molecule has 0 aromatic heterocycles. The molecule has 1 aliphatic rings. The topological polar surface area (TPSA) is 49.4 Å². The van der Waals surface area contributed by atoms with Crippen molar-refractivity contribution in [2.45, 2.75) is 32.9 Å². The summed E-state index contributed by atoms with van der Waals surface area (Å²) in [6.45, 7) is 5.09. The van der Waals surface area contributed by atoms with Crippen LogP contribution in [0.1, 0.15) is 20.8 Å². The summed E-state index contributed by atoms with van der Waals surface area (Å²) in [5, 5.41) is 2.57. The minimum atomic E-state index is -0.783. The van der Waals surface area contributed by atoms with Crippen molar-refractivity contribution in [3.05, 3.63) is 29.8 Å². The molecule has 108 valence electrons. The van der Waals surface area contributed by atoms with E-state index in [1.165, 1.54) is 4.90 Å². The summed E-state index contributed by atoms with van der Waals surface area (Å²) < 4.78 is 26.7. The molecule has 20 heavy (non-hydrogen) atoms. The second kappa shape index (κ2) is 5.19. The van der Waals surface area contributed by atoms with Gasteiger partial charge in [0.15, 0.2) is 0 Å². The van der Waals surface area contributed by atoms with Gasteiger partial charge >= 0.3 is 0 Å². The molecule has 2 rings (SSSR count). The minimum absolute atomic E-state index is 0.0629. The Morgan fingerprint density at radius 1 is 1.15 bits per heavy atom. The lowest BCUT2D eigenvalue weighted by Crippen LogP contribution is -2.64. The zero-order valence-corrected chi connectivity index (χ0v) is 11.5. The molecule has 2 atom stereocenters. The molecule has 1 aromatic carbocycles. The lowest BCUT2D eigenvalue weighted by molar-refractivity contribution is -0.134. The van der Waals surface area contributed by atoms with Crippen LogP contribution in [0.2, 0.25) is 0 Å². The van der Waals surface area contributed by atoms with Crippen molar-refractivity contribution in [3.63, 3.8) is 0 Å². The monoisotopic (exact) mass is 282 g/mol. The Balaban J connectivity index is 2.52. The fourth-order valence-electron chi connectivity index (χ4n) is 2.39. The number of anilines is 1. The molecule has 0 saturated carbocycles. The van der Waals surface area contributed by atoms with Crippen LogP contribution in [-0.4, -0.2) is 23.9 Å². The number of amides is 2. The van der Waals surface area contributed by atoms with Gasteiger partial charge in [-0.2, -0.15) is 0 Å². The van der Waals surface area contributed by atoms with E-state index < -0.39 is 23.7 Å².